The Morgan fingerprint density at radius 1 is 1.00 bits per heavy atom. The molecule has 108 valence electrons. The second kappa shape index (κ2) is 5.82. The fourth-order valence-electron chi connectivity index (χ4n) is 2.45. The number of nitrogens with zero attached hydrogens (tertiary/aromatic N) is 1. The zero-order chi connectivity index (χ0) is 14.8. The third-order valence-electron chi connectivity index (χ3n) is 3.55. The summed E-state index contributed by atoms with van der Waals surface area (Å²) in [5, 5.41) is 1.18. The van der Waals surface area contributed by atoms with Gasteiger partial charge in [-0.1, -0.05) is 6.07 Å². The Morgan fingerprint density at radius 2 is 1.86 bits per heavy atom. The zero-order valence-electron chi connectivity index (χ0n) is 12.0. The van der Waals surface area contributed by atoms with E-state index in [1.807, 2.05) is 12.1 Å². The van der Waals surface area contributed by atoms with Crippen LogP contribution < -0.4 is 9.47 Å². The average molecular weight is 346 g/mol. The molecule has 1 heterocycles. The molecule has 4 heteroatoms. The van der Waals surface area contributed by atoms with Crippen molar-refractivity contribution in [3.63, 3.8) is 0 Å². The van der Waals surface area contributed by atoms with Gasteiger partial charge in [0.1, 0.15) is 11.5 Å². The number of methoxy groups -OCH3 is 2. The van der Waals surface area contributed by atoms with Crippen LogP contribution in [-0.2, 0) is 6.54 Å². The molecule has 0 amide bonds. The van der Waals surface area contributed by atoms with Crippen LogP contribution in [0.1, 0.15) is 5.56 Å². The molecule has 0 saturated heterocycles. The normalized spacial score (nSPS) is 10.8. The van der Waals surface area contributed by atoms with E-state index >= 15 is 0 Å². The van der Waals surface area contributed by atoms with Crippen LogP contribution in [0.25, 0.3) is 10.9 Å². The standard InChI is InChI=1S/C17H16BrNO2/c1-20-14-4-5-16-13(10-14)7-8-19(16)11-12-3-6-17(21-2)15(18)9-12/h3-10H,11H2,1-2H3. The molecule has 0 bridgehead atoms. The van der Waals surface area contributed by atoms with Gasteiger partial charge in [-0.25, -0.2) is 0 Å². The molecule has 0 atom stereocenters. The van der Waals surface area contributed by atoms with E-state index in [1.165, 1.54) is 16.5 Å². The molecule has 3 rings (SSSR count). The average Bonchev–Trinajstić information content (AvgIpc) is 2.89. The van der Waals surface area contributed by atoms with Crippen molar-refractivity contribution in [2.24, 2.45) is 0 Å². The number of ether oxygens (including phenoxy) is 2. The third-order valence-corrected chi connectivity index (χ3v) is 4.17. The Balaban J connectivity index is 1.93. The van der Waals surface area contributed by atoms with Crippen molar-refractivity contribution in [1.82, 2.24) is 4.57 Å². The zero-order valence-corrected chi connectivity index (χ0v) is 13.6. The monoisotopic (exact) mass is 345 g/mol. The van der Waals surface area contributed by atoms with Crippen LogP contribution in [0.2, 0.25) is 0 Å². The van der Waals surface area contributed by atoms with Crippen molar-refractivity contribution in [2.75, 3.05) is 14.2 Å². The van der Waals surface area contributed by atoms with Gasteiger partial charge in [-0.15, -0.1) is 0 Å². The van der Waals surface area contributed by atoms with E-state index in [0.717, 1.165) is 22.5 Å². The number of benzene rings is 2. The second-order valence-corrected chi connectivity index (χ2v) is 5.69. The van der Waals surface area contributed by atoms with Gasteiger partial charge in [-0.3, -0.25) is 0 Å². The molecule has 0 aliphatic heterocycles. The Hall–Kier alpha value is -1.94. The maximum Gasteiger partial charge on any atom is 0.133 e. The first kappa shape index (κ1) is 14.0. The molecule has 0 aliphatic rings. The number of halogens is 1. The molecule has 0 radical (unpaired) electrons. The molecule has 3 aromatic rings. The Bertz CT molecular complexity index is 780. The van der Waals surface area contributed by atoms with E-state index in [0.29, 0.717) is 0 Å². The molecule has 21 heavy (non-hydrogen) atoms. The quantitative estimate of drug-likeness (QED) is 0.696. The molecule has 0 N–H and O–H groups in total. The summed E-state index contributed by atoms with van der Waals surface area (Å²) in [4.78, 5) is 0. The number of fused-ring (bicyclic) bond motifs is 1. The summed E-state index contributed by atoms with van der Waals surface area (Å²) in [6, 6.07) is 14.4. The summed E-state index contributed by atoms with van der Waals surface area (Å²) < 4.78 is 13.7. The molecule has 0 fully saturated rings. The van der Waals surface area contributed by atoms with Crippen LogP contribution in [0.4, 0.5) is 0 Å². The van der Waals surface area contributed by atoms with Gasteiger partial charge in [-0.05, 0) is 57.9 Å². The minimum absolute atomic E-state index is 0.818. The van der Waals surface area contributed by atoms with Crippen molar-refractivity contribution in [2.45, 2.75) is 6.54 Å². The highest BCUT2D eigenvalue weighted by molar-refractivity contribution is 9.10. The van der Waals surface area contributed by atoms with Crippen LogP contribution in [0.3, 0.4) is 0 Å². The fraction of sp³-hybridized carbons (Fsp3) is 0.176. The van der Waals surface area contributed by atoms with Gasteiger partial charge >= 0.3 is 0 Å². The highest BCUT2D eigenvalue weighted by Crippen LogP contribution is 2.27. The lowest BCUT2D eigenvalue weighted by Crippen LogP contribution is -1.98. The summed E-state index contributed by atoms with van der Waals surface area (Å²) in [6.07, 6.45) is 2.10. The van der Waals surface area contributed by atoms with E-state index in [1.54, 1.807) is 14.2 Å². The smallest absolute Gasteiger partial charge is 0.133 e. The summed E-state index contributed by atoms with van der Waals surface area (Å²) >= 11 is 3.53. The largest absolute Gasteiger partial charge is 0.497 e. The third kappa shape index (κ3) is 2.76. The Morgan fingerprint density at radius 3 is 2.57 bits per heavy atom. The van der Waals surface area contributed by atoms with Crippen LogP contribution in [0.15, 0.2) is 53.1 Å². The molecule has 0 aliphatic carbocycles. The lowest BCUT2D eigenvalue weighted by atomic mass is 10.2. The Labute approximate surface area is 132 Å². The maximum atomic E-state index is 5.26. The minimum Gasteiger partial charge on any atom is -0.497 e. The van der Waals surface area contributed by atoms with E-state index < -0.39 is 0 Å². The minimum atomic E-state index is 0.818. The van der Waals surface area contributed by atoms with Crippen molar-refractivity contribution < 1.29 is 9.47 Å². The highest BCUT2D eigenvalue weighted by atomic mass is 79.9. The molecular formula is C17H16BrNO2. The first-order chi connectivity index (χ1) is 10.2. The Kier molecular flexibility index (Phi) is 3.88. The van der Waals surface area contributed by atoms with E-state index in [9.17, 15) is 0 Å². The number of rotatable bonds is 4. The predicted octanol–water partition coefficient (Wildman–Crippen LogP) is 4.47. The van der Waals surface area contributed by atoms with Gasteiger partial charge in [0, 0.05) is 23.6 Å². The number of aromatic nitrogens is 1. The topological polar surface area (TPSA) is 23.4 Å². The van der Waals surface area contributed by atoms with Crippen molar-refractivity contribution in [1.29, 1.82) is 0 Å². The van der Waals surface area contributed by atoms with Gasteiger partial charge in [-0.2, -0.15) is 0 Å². The molecule has 0 unspecified atom stereocenters. The predicted molar refractivity (Wildman–Crippen MR) is 88.3 cm³/mol. The molecule has 0 spiro atoms. The SMILES string of the molecule is COc1ccc2c(ccn2Cc2ccc(OC)c(Br)c2)c1. The second-order valence-electron chi connectivity index (χ2n) is 4.84. The maximum absolute atomic E-state index is 5.26. The lowest BCUT2D eigenvalue weighted by molar-refractivity contribution is 0.412. The summed E-state index contributed by atoms with van der Waals surface area (Å²) in [6.45, 7) is 0.818. The number of hydrogen-bond acceptors (Lipinski definition) is 2. The highest BCUT2D eigenvalue weighted by Gasteiger charge is 2.05. The van der Waals surface area contributed by atoms with E-state index in [4.69, 9.17) is 9.47 Å². The molecular weight excluding hydrogens is 330 g/mol. The molecule has 2 aromatic carbocycles. The van der Waals surface area contributed by atoms with E-state index in [-0.39, 0.29) is 0 Å². The van der Waals surface area contributed by atoms with Crippen molar-refractivity contribution in [3.05, 3.63) is 58.7 Å². The van der Waals surface area contributed by atoms with Gasteiger partial charge in [0.15, 0.2) is 0 Å². The van der Waals surface area contributed by atoms with Crippen molar-refractivity contribution >= 4 is 26.8 Å². The first-order valence-electron chi connectivity index (χ1n) is 6.66. The first-order valence-corrected chi connectivity index (χ1v) is 7.46. The van der Waals surface area contributed by atoms with Crippen molar-refractivity contribution in [3.8, 4) is 11.5 Å². The summed E-state index contributed by atoms with van der Waals surface area (Å²) in [7, 11) is 3.36. The van der Waals surface area contributed by atoms with Gasteiger partial charge in [0.05, 0.1) is 18.7 Å². The summed E-state index contributed by atoms with van der Waals surface area (Å²) in [5.41, 5.74) is 2.42. The number of hydrogen-bond donors (Lipinski definition) is 0. The molecule has 1 aromatic heterocycles. The van der Waals surface area contributed by atoms with Gasteiger partial charge in [0.25, 0.3) is 0 Å². The summed E-state index contributed by atoms with van der Waals surface area (Å²) in [5.74, 6) is 1.73. The van der Waals surface area contributed by atoms with Crippen LogP contribution in [-0.4, -0.2) is 18.8 Å². The van der Waals surface area contributed by atoms with Gasteiger partial charge in [0.2, 0.25) is 0 Å². The van der Waals surface area contributed by atoms with E-state index in [2.05, 4.69) is 57.0 Å². The van der Waals surface area contributed by atoms with Crippen LogP contribution in [0.5, 0.6) is 11.5 Å². The van der Waals surface area contributed by atoms with Gasteiger partial charge < -0.3 is 14.0 Å². The van der Waals surface area contributed by atoms with Crippen LogP contribution >= 0.6 is 15.9 Å². The molecule has 0 saturated carbocycles. The van der Waals surface area contributed by atoms with Crippen LogP contribution in [0, 0.1) is 0 Å². The molecule has 3 nitrogen and oxygen atoms in total. The fourth-order valence-corrected chi connectivity index (χ4v) is 3.04. The lowest BCUT2D eigenvalue weighted by Gasteiger charge is -2.09.